The lowest BCUT2D eigenvalue weighted by Gasteiger charge is -2.17. The highest BCUT2D eigenvalue weighted by molar-refractivity contribution is 6.02. The number of carboxylic acids is 1. The third-order valence-electron chi connectivity index (χ3n) is 3.81. The highest BCUT2D eigenvalue weighted by Crippen LogP contribution is 2.26. The number of benzene rings is 1. The standard InChI is InChI=1S/C15H17N3O3/c1-8(14(19)17-10-6-7-10)18-9(2)16-12-5-3-4-11(13(12)18)15(20)21/h3-5,8,10H,6-7H2,1-2H3,(H,17,19)(H,20,21). The maximum Gasteiger partial charge on any atom is 0.337 e. The fraction of sp³-hybridized carbons (Fsp3) is 0.400. The number of hydrogen-bond acceptors (Lipinski definition) is 3. The molecule has 0 radical (unpaired) electrons. The van der Waals surface area contributed by atoms with Crippen LogP contribution < -0.4 is 5.32 Å². The lowest BCUT2D eigenvalue weighted by Crippen LogP contribution is -2.33. The molecule has 1 saturated carbocycles. The van der Waals surface area contributed by atoms with Gasteiger partial charge in [0.1, 0.15) is 11.9 Å². The van der Waals surface area contributed by atoms with Crippen molar-refractivity contribution in [3.8, 4) is 0 Å². The fourth-order valence-corrected chi connectivity index (χ4v) is 2.58. The normalized spacial score (nSPS) is 15.9. The number of para-hydroxylation sites is 1. The van der Waals surface area contributed by atoms with Gasteiger partial charge < -0.3 is 15.0 Å². The summed E-state index contributed by atoms with van der Waals surface area (Å²) in [5.41, 5.74) is 1.26. The molecule has 0 aliphatic heterocycles. The van der Waals surface area contributed by atoms with Crippen molar-refractivity contribution in [2.45, 2.75) is 38.8 Å². The summed E-state index contributed by atoms with van der Waals surface area (Å²) in [6.07, 6.45) is 2.03. The highest BCUT2D eigenvalue weighted by Gasteiger charge is 2.28. The van der Waals surface area contributed by atoms with Crippen molar-refractivity contribution in [1.29, 1.82) is 0 Å². The van der Waals surface area contributed by atoms with Crippen LogP contribution in [0.5, 0.6) is 0 Å². The predicted octanol–water partition coefficient (Wildman–Crippen LogP) is 1.88. The van der Waals surface area contributed by atoms with Gasteiger partial charge in [0.2, 0.25) is 5.91 Å². The highest BCUT2D eigenvalue weighted by atomic mass is 16.4. The molecule has 1 unspecified atom stereocenters. The molecule has 2 aromatic rings. The topological polar surface area (TPSA) is 84.2 Å². The van der Waals surface area contributed by atoms with Crippen molar-refractivity contribution in [2.24, 2.45) is 0 Å². The van der Waals surface area contributed by atoms with E-state index in [4.69, 9.17) is 0 Å². The number of carbonyl (C=O) groups is 2. The number of nitrogens with zero attached hydrogens (tertiary/aromatic N) is 2. The van der Waals surface area contributed by atoms with Crippen molar-refractivity contribution < 1.29 is 14.7 Å². The Morgan fingerprint density at radius 1 is 1.43 bits per heavy atom. The monoisotopic (exact) mass is 287 g/mol. The number of amides is 1. The molecule has 1 aliphatic carbocycles. The zero-order valence-corrected chi connectivity index (χ0v) is 12.0. The second kappa shape index (κ2) is 4.87. The van der Waals surface area contributed by atoms with Crippen molar-refractivity contribution in [1.82, 2.24) is 14.9 Å². The maximum atomic E-state index is 12.3. The van der Waals surface area contributed by atoms with E-state index in [1.54, 1.807) is 30.5 Å². The van der Waals surface area contributed by atoms with E-state index in [0.717, 1.165) is 12.8 Å². The summed E-state index contributed by atoms with van der Waals surface area (Å²) in [4.78, 5) is 28.1. The lowest BCUT2D eigenvalue weighted by molar-refractivity contribution is -0.124. The van der Waals surface area contributed by atoms with Crippen LogP contribution in [0.15, 0.2) is 18.2 Å². The van der Waals surface area contributed by atoms with Gasteiger partial charge in [-0.1, -0.05) is 6.07 Å². The van der Waals surface area contributed by atoms with Gasteiger partial charge in [-0.15, -0.1) is 0 Å². The van der Waals surface area contributed by atoms with Crippen molar-refractivity contribution in [3.05, 3.63) is 29.6 Å². The Bertz CT molecular complexity index is 731. The average Bonchev–Trinajstić information content (AvgIpc) is 3.17. The molecule has 1 amide bonds. The van der Waals surface area contributed by atoms with E-state index in [2.05, 4.69) is 10.3 Å². The first-order chi connectivity index (χ1) is 9.99. The summed E-state index contributed by atoms with van der Waals surface area (Å²) in [5, 5.41) is 12.3. The zero-order valence-electron chi connectivity index (χ0n) is 12.0. The molecule has 0 spiro atoms. The van der Waals surface area contributed by atoms with Crippen LogP contribution in [-0.4, -0.2) is 32.6 Å². The Balaban J connectivity index is 2.09. The van der Waals surface area contributed by atoms with Crippen LogP contribution in [0.25, 0.3) is 11.0 Å². The van der Waals surface area contributed by atoms with Gasteiger partial charge in [-0.05, 0) is 38.8 Å². The van der Waals surface area contributed by atoms with Gasteiger partial charge in [0.25, 0.3) is 0 Å². The van der Waals surface area contributed by atoms with Crippen LogP contribution in [-0.2, 0) is 4.79 Å². The van der Waals surface area contributed by atoms with E-state index in [1.807, 2.05) is 0 Å². The van der Waals surface area contributed by atoms with Crippen LogP contribution in [0.4, 0.5) is 0 Å². The molecule has 0 saturated heterocycles. The molecular weight excluding hydrogens is 270 g/mol. The van der Waals surface area contributed by atoms with Crippen molar-refractivity contribution in [3.63, 3.8) is 0 Å². The Kier molecular flexibility index (Phi) is 3.16. The van der Waals surface area contributed by atoms with Crippen LogP contribution >= 0.6 is 0 Å². The van der Waals surface area contributed by atoms with E-state index in [-0.39, 0.29) is 17.5 Å². The molecule has 1 heterocycles. The minimum atomic E-state index is -1.02. The number of aryl methyl sites for hydroxylation is 1. The van der Waals surface area contributed by atoms with Gasteiger partial charge in [-0.2, -0.15) is 0 Å². The molecule has 1 atom stereocenters. The van der Waals surface area contributed by atoms with E-state index < -0.39 is 12.0 Å². The van der Waals surface area contributed by atoms with Gasteiger partial charge >= 0.3 is 5.97 Å². The Hall–Kier alpha value is -2.37. The summed E-state index contributed by atoms with van der Waals surface area (Å²) in [7, 11) is 0. The van der Waals surface area contributed by atoms with E-state index in [1.165, 1.54) is 6.07 Å². The molecule has 6 heteroatoms. The predicted molar refractivity (Wildman–Crippen MR) is 77.3 cm³/mol. The molecule has 21 heavy (non-hydrogen) atoms. The van der Waals surface area contributed by atoms with Crippen molar-refractivity contribution in [2.75, 3.05) is 0 Å². The summed E-state index contributed by atoms with van der Waals surface area (Å²) in [6, 6.07) is 4.74. The smallest absolute Gasteiger partial charge is 0.337 e. The first-order valence-electron chi connectivity index (χ1n) is 7.00. The van der Waals surface area contributed by atoms with Gasteiger partial charge in [0.05, 0.1) is 16.6 Å². The minimum absolute atomic E-state index is 0.0971. The third-order valence-corrected chi connectivity index (χ3v) is 3.81. The van der Waals surface area contributed by atoms with Gasteiger partial charge in [0, 0.05) is 6.04 Å². The second-order valence-corrected chi connectivity index (χ2v) is 5.47. The third kappa shape index (κ3) is 2.37. The number of hydrogen-bond donors (Lipinski definition) is 2. The minimum Gasteiger partial charge on any atom is -0.478 e. The van der Waals surface area contributed by atoms with Gasteiger partial charge in [-0.3, -0.25) is 4.79 Å². The maximum absolute atomic E-state index is 12.3. The lowest BCUT2D eigenvalue weighted by atomic mass is 10.1. The first kappa shape index (κ1) is 13.6. The first-order valence-corrected chi connectivity index (χ1v) is 7.00. The number of rotatable bonds is 4. The number of aromatic nitrogens is 2. The summed E-state index contributed by atoms with van der Waals surface area (Å²) >= 11 is 0. The Morgan fingerprint density at radius 2 is 2.14 bits per heavy atom. The molecule has 110 valence electrons. The number of imidazole rings is 1. The van der Waals surface area contributed by atoms with Crippen LogP contribution in [0.2, 0.25) is 0 Å². The van der Waals surface area contributed by atoms with E-state index in [0.29, 0.717) is 16.9 Å². The molecule has 1 aliphatic rings. The van der Waals surface area contributed by atoms with Gasteiger partial charge in [0.15, 0.2) is 0 Å². The number of nitrogens with one attached hydrogen (secondary N) is 1. The van der Waals surface area contributed by atoms with Crippen LogP contribution in [0, 0.1) is 6.92 Å². The number of carboxylic acid groups (broad SMARTS) is 1. The number of fused-ring (bicyclic) bond motifs is 1. The second-order valence-electron chi connectivity index (χ2n) is 5.47. The van der Waals surface area contributed by atoms with E-state index >= 15 is 0 Å². The Labute approximate surface area is 121 Å². The number of aromatic carboxylic acids is 1. The SMILES string of the molecule is Cc1nc2cccc(C(=O)O)c2n1C(C)C(=O)NC1CC1. The molecule has 0 bridgehead atoms. The number of carbonyl (C=O) groups excluding carboxylic acids is 1. The zero-order chi connectivity index (χ0) is 15.1. The van der Waals surface area contributed by atoms with Crippen LogP contribution in [0.3, 0.4) is 0 Å². The molecule has 1 fully saturated rings. The average molecular weight is 287 g/mol. The summed E-state index contributed by atoms with van der Waals surface area (Å²) in [6.45, 7) is 3.55. The quantitative estimate of drug-likeness (QED) is 0.899. The molecule has 3 rings (SSSR count). The Morgan fingerprint density at radius 3 is 2.76 bits per heavy atom. The molecule has 1 aromatic heterocycles. The summed E-state index contributed by atoms with van der Waals surface area (Å²) in [5.74, 6) is -0.478. The molecular formula is C15H17N3O3. The van der Waals surface area contributed by atoms with Gasteiger partial charge in [-0.25, -0.2) is 9.78 Å². The summed E-state index contributed by atoms with van der Waals surface area (Å²) < 4.78 is 1.70. The van der Waals surface area contributed by atoms with Crippen molar-refractivity contribution >= 4 is 22.9 Å². The molecule has 1 aromatic carbocycles. The largest absolute Gasteiger partial charge is 0.478 e. The molecule has 2 N–H and O–H groups in total. The van der Waals surface area contributed by atoms with E-state index in [9.17, 15) is 14.7 Å². The van der Waals surface area contributed by atoms with Crippen LogP contribution in [0.1, 0.15) is 42.0 Å². The fourth-order valence-electron chi connectivity index (χ4n) is 2.58. The molecule has 6 nitrogen and oxygen atoms in total.